The van der Waals surface area contributed by atoms with Crippen LogP contribution in [0, 0.1) is 10.1 Å². The van der Waals surface area contributed by atoms with Gasteiger partial charge in [-0.2, -0.15) is 20.1 Å². The molecule has 2 aromatic carbocycles. The number of hydrogen-bond donors (Lipinski definition) is 3. The number of nitro groups is 1. The highest BCUT2D eigenvalue weighted by atomic mass is 16.6. The smallest absolute Gasteiger partial charge is 0.269 e. The standard InChI is InChI=1S/C20H20N8O3/c29-17-6-2-1-5-14(17)13-21-26-19-23-18(24-20(25-19)27-11-3-4-12-27)22-15-7-9-16(10-8-15)28(30)31/h1-2,5-10,13,29H,3-4,11-12H2,(H2,22,23,24,25,26)/b21-13-. The van der Waals surface area contributed by atoms with Crippen LogP contribution in [0.4, 0.5) is 29.2 Å². The third-order valence-corrected chi connectivity index (χ3v) is 4.65. The Kier molecular flexibility index (Phi) is 5.83. The van der Waals surface area contributed by atoms with Gasteiger partial charge in [-0.15, -0.1) is 0 Å². The van der Waals surface area contributed by atoms with Gasteiger partial charge in [-0.05, 0) is 37.1 Å². The maximum absolute atomic E-state index is 10.8. The van der Waals surface area contributed by atoms with Crippen molar-refractivity contribution in [2.24, 2.45) is 5.10 Å². The molecular formula is C20H20N8O3. The van der Waals surface area contributed by atoms with Gasteiger partial charge in [0.15, 0.2) is 0 Å². The number of phenolic OH excluding ortho intramolecular Hbond substituents is 1. The second-order valence-corrected chi connectivity index (χ2v) is 6.83. The highest BCUT2D eigenvalue weighted by Crippen LogP contribution is 2.22. The lowest BCUT2D eigenvalue weighted by atomic mass is 10.2. The van der Waals surface area contributed by atoms with Crippen molar-refractivity contribution in [3.8, 4) is 5.75 Å². The van der Waals surface area contributed by atoms with E-state index in [4.69, 9.17) is 0 Å². The van der Waals surface area contributed by atoms with Crippen LogP contribution in [0.2, 0.25) is 0 Å². The van der Waals surface area contributed by atoms with E-state index in [1.807, 2.05) is 0 Å². The van der Waals surface area contributed by atoms with Crippen LogP contribution >= 0.6 is 0 Å². The number of phenols is 1. The molecule has 11 nitrogen and oxygen atoms in total. The van der Waals surface area contributed by atoms with E-state index in [1.54, 1.807) is 36.4 Å². The van der Waals surface area contributed by atoms with E-state index in [9.17, 15) is 15.2 Å². The molecule has 2 heterocycles. The lowest BCUT2D eigenvalue weighted by molar-refractivity contribution is -0.384. The number of nitro benzene ring substituents is 1. The summed E-state index contributed by atoms with van der Waals surface area (Å²) in [5.41, 5.74) is 3.93. The average Bonchev–Trinajstić information content (AvgIpc) is 3.30. The zero-order valence-electron chi connectivity index (χ0n) is 16.5. The normalized spacial score (nSPS) is 13.5. The molecule has 0 saturated carbocycles. The molecule has 0 bridgehead atoms. The van der Waals surface area contributed by atoms with E-state index in [1.165, 1.54) is 18.3 Å². The van der Waals surface area contributed by atoms with Crippen molar-refractivity contribution in [1.82, 2.24) is 15.0 Å². The molecule has 0 atom stereocenters. The van der Waals surface area contributed by atoms with Gasteiger partial charge < -0.3 is 15.3 Å². The molecule has 1 aliphatic rings. The summed E-state index contributed by atoms with van der Waals surface area (Å²) < 4.78 is 0. The minimum atomic E-state index is -0.456. The topological polar surface area (TPSA) is 142 Å². The quantitative estimate of drug-likeness (QED) is 0.298. The van der Waals surface area contributed by atoms with Crippen LogP contribution in [0.3, 0.4) is 0 Å². The summed E-state index contributed by atoms with van der Waals surface area (Å²) in [5.74, 6) is 1.14. The second kappa shape index (κ2) is 9.03. The van der Waals surface area contributed by atoms with E-state index in [0.717, 1.165) is 25.9 Å². The Morgan fingerprint density at radius 3 is 2.45 bits per heavy atom. The SMILES string of the molecule is O=[N+]([O-])c1ccc(Nc2nc(N/N=C\c3ccccc3O)nc(N3CCCC3)n2)cc1. The van der Waals surface area contributed by atoms with Crippen LogP contribution in [0.15, 0.2) is 53.6 Å². The maximum Gasteiger partial charge on any atom is 0.269 e. The van der Waals surface area contributed by atoms with Gasteiger partial charge in [0.05, 0.1) is 11.1 Å². The summed E-state index contributed by atoms with van der Waals surface area (Å²) in [6, 6.07) is 12.8. The molecule has 3 N–H and O–H groups in total. The van der Waals surface area contributed by atoms with Crippen molar-refractivity contribution < 1.29 is 10.0 Å². The van der Waals surface area contributed by atoms with E-state index in [0.29, 0.717) is 17.2 Å². The number of aromatic hydroxyl groups is 1. The number of rotatable bonds is 7. The number of anilines is 4. The molecule has 0 radical (unpaired) electrons. The summed E-state index contributed by atoms with van der Waals surface area (Å²) in [4.78, 5) is 25.7. The minimum absolute atomic E-state index is 0.000176. The number of hydrazone groups is 1. The van der Waals surface area contributed by atoms with Crippen molar-refractivity contribution >= 4 is 35.4 Å². The molecule has 1 aromatic heterocycles. The Labute approximate surface area is 177 Å². The molecule has 0 amide bonds. The minimum Gasteiger partial charge on any atom is -0.507 e. The predicted molar refractivity (Wildman–Crippen MR) is 117 cm³/mol. The fourth-order valence-electron chi connectivity index (χ4n) is 3.08. The van der Waals surface area contributed by atoms with Gasteiger partial charge in [-0.3, -0.25) is 10.1 Å². The lowest BCUT2D eigenvalue weighted by Gasteiger charge is -2.16. The van der Waals surface area contributed by atoms with Gasteiger partial charge in [-0.1, -0.05) is 12.1 Å². The molecule has 31 heavy (non-hydrogen) atoms. The molecular weight excluding hydrogens is 400 g/mol. The van der Waals surface area contributed by atoms with E-state index >= 15 is 0 Å². The lowest BCUT2D eigenvalue weighted by Crippen LogP contribution is -2.21. The molecule has 0 aliphatic carbocycles. The number of nitrogens with one attached hydrogen (secondary N) is 2. The van der Waals surface area contributed by atoms with Crippen molar-refractivity contribution in [3.63, 3.8) is 0 Å². The molecule has 0 unspecified atom stereocenters. The highest BCUT2D eigenvalue weighted by molar-refractivity contribution is 5.83. The monoisotopic (exact) mass is 420 g/mol. The van der Waals surface area contributed by atoms with E-state index in [2.05, 4.69) is 35.7 Å². The first kappa shape index (κ1) is 20.0. The predicted octanol–water partition coefficient (Wildman–Crippen LogP) is 3.28. The number of aromatic nitrogens is 3. The maximum atomic E-state index is 10.8. The van der Waals surface area contributed by atoms with Crippen LogP contribution in [0.5, 0.6) is 5.75 Å². The highest BCUT2D eigenvalue weighted by Gasteiger charge is 2.17. The Morgan fingerprint density at radius 2 is 1.74 bits per heavy atom. The third-order valence-electron chi connectivity index (χ3n) is 4.65. The first-order valence-corrected chi connectivity index (χ1v) is 9.68. The zero-order valence-corrected chi connectivity index (χ0v) is 16.5. The number of benzene rings is 2. The Balaban J connectivity index is 1.56. The van der Waals surface area contributed by atoms with Gasteiger partial charge in [0.2, 0.25) is 17.8 Å². The first-order chi connectivity index (χ1) is 15.1. The molecule has 1 fully saturated rings. The molecule has 158 valence electrons. The molecule has 4 rings (SSSR count). The summed E-state index contributed by atoms with van der Waals surface area (Å²) in [5, 5.41) is 27.8. The van der Waals surface area contributed by atoms with Crippen LogP contribution in [-0.2, 0) is 0 Å². The van der Waals surface area contributed by atoms with E-state index in [-0.39, 0.29) is 23.3 Å². The Hall–Kier alpha value is -4.28. The number of hydrogen-bond acceptors (Lipinski definition) is 10. The van der Waals surface area contributed by atoms with Gasteiger partial charge >= 0.3 is 0 Å². The summed E-state index contributed by atoms with van der Waals surface area (Å²) in [6.45, 7) is 1.70. The third kappa shape index (κ3) is 5.01. The van der Waals surface area contributed by atoms with Crippen molar-refractivity contribution in [1.29, 1.82) is 0 Å². The fraction of sp³-hybridized carbons (Fsp3) is 0.200. The Bertz CT molecular complexity index is 1100. The average molecular weight is 420 g/mol. The number of nitrogens with zero attached hydrogens (tertiary/aromatic N) is 6. The fourth-order valence-corrected chi connectivity index (χ4v) is 3.08. The van der Waals surface area contributed by atoms with Crippen molar-refractivity contribution in [2.75, 3.05) is 28.7 Å². The zero-order chi connectivity index (χ0) is 21.6. The molecule has 11 heteroatoms. The second-order valence-electron chi connectivity index (χ2n) is 6.83. The molecule has 1 aliphatic heterocycles. The van der Waals surface area contributed by atoms with Crippen LogP contribution < -0.4 is 15.6 Å². The van der Waals surface area contributed by atoms with E-state index < -0.39 is 4.92 Å². The molecule has 3 aromatic rings. The Morgan fingerprint density at radius 1 is 1.03 bits per heavy atom. The summed E-state index contributed by atoms with van der Waals surface area (Å²) in [7, 11) is 0. The number of para-hydroxylation sites is 1. The van der Waals surface area contributed by atoms with Crippen LogP contribution in [0.1, 0.15) is 18.4 Å². The largest absolute Gasteiger partial charge is 0.507 e. The molecule has 0 spiro atoms. The van der Waals surface area contributed by atoms with Crippen LogP contribution in [0.25, 0.3) is 0 Å². The summed E-state index contributed by atoms with van der Waals surface area (Å²) in [6.07, 6.45) is 3.59. The first-order valence-electron chi connectivity index (χ1n) is 9.68. The van der Waals surface area contributed by atoms with Gasteiger partial charge in [-0.25, -0.2) is 5.43 Å². The van der Waals surface area contributed by atoms with Gasteiger partial charge in [0.25, 0.3) is 5.69 Å². The molecule has 1 saturated heterocycles. The summed E-state index contributed by atoms with van der Waals surface area (Å²) >= 11 is 0. The number of non-ortho nitro benzene ring substituents is 1. The van der Waals surface area contributed by atoms with Crippen molar-refractivity contribution in [3.05, 3.63) is 64.2 Å². The van der Waals surface area contributed by atoms with Gasteiger partial charge in [0, 0.05) is 36.5 Å². The van der Waals surface area contributed by atoms with Crippen LogP contribution in [-0.4, -0.2) is 44.3 Å². The van der Waals surface area contributed by atoms with Gasteiger partial charge in [0.1, 0.15) is 5.75 Å². The van der Waals surface area contributed by atoms with Crippen molar-refractivity contribution in [2.45, 2.75) is 12.8 Å².